The van der Waals surface area contributed by atoms with Gasteiger partial charge in [0.1, 0.15) is 5.75 Å². The highest BCUT2D eigenvalue weighted by Gasteiger charge is 2.03. The van der Waals surface area contributed by atoms with Crippen molar-refractivity contribution < 1.29 is 4.74 Å². The summed E-state index contributed by atoms with van der Waals surface area (Å²) >= 11 is 0. The Balaban J connectivity index is 1.64. The molecule has 0 fully saturated rings. The summed E-state index contributed by atoms with van der Waals surface area (Å²) in [5.41, 5.74) is 7.45. The molecule has 0 amide bonds. The zero-order valence-electron chi connectivity index (χ0n) is 11.2. The van der Waals surface area contributed by atoms with Gasteiger partial charge in [-0.3, -0.25) is 0 Å². The maximum Gasteiger partial charge on any atom is 0.119 e. The van der Waals surface area contributed by atoms with E-state index in [-0.39, 0.29) is 6.04 Å². The summed E-state index contributed by atoms with van der Waals surface area (Å²) in [6, 6.07) is 20.5. The van der Waals surface area contributed by atoms with Crippen molar-refractivity contribution in [1.82, 2.24) is 0 Å². The second kappa shape index (κ2) is 7.59. The molecule has 0 spiro atoms. The quantitative estimate of drug-likeness (QED) is 0.822. The van der Waals surface area contributed by atoms with E-state index in [0.717, 1.165) is 25.0 Å². The van der Waals surface area contributed by atoms with Gasteiger partial charge in [-0.2, -0.15) is 0 Å². The molecule has 0 aliphatic heterocycles. The van der Waals surface area contributed by atoms with E-state index in [2.05, 4.69) is 24.3 Å². The zero-order valence-corrected chi connectivity index (χ0v) is 11.2. The van der Waals surface area contributed by atoms with Gasteiger partial charge in [-0.05, 0) is 37.0 Å². The summed E-state index contributed by atoms with van der Waals surface area (Å²) in [6.07, 6.45) is 2.93. The normalized spacial score (nSPS) is 12.1. The van der Waals surface area contributed by atoms with Crippen molar-refractivity contribution in [2.75, 3.05) is 6.61 Å². The van der Waals surface area contributed by atoms with Crippen molar-refractivity contribution in [2.24, 2.45) is 5.73 Å². The van der Waals surface area contributed by atoms with E-state index in [1.54, 1.807) is 0 Å². The second-order valence-corrected chi connectivity index (χ2v) is 4.73. The zero-order chi connectivity index (χ0) is 13.3. The average Bonchev–Trinajstić information content (AvgIpc) is 2.47. The molecule has 2 aromatic rings. The van der Waals surface area contributed by atoms with Crippen LogP contribution in [0.25, 0.3) is 0 Å². The van der Waals surface area contributed by atoms with Crippen molar-refractivity contribution >= 4 is 0 Å². The number of nitrogens with two attached hydrogens (primary N) is 1. The fourth-order valence-electron chi connectivity index (χ4n) is 1.99. The number of benzene rings is 2. The predicted molar refractivity (Wildman–Crippen MR) is 79.3 cm³/mol. The molecule has 0 heterocycles. The standard InChI is InChI=1S/C17H21NO/c18-16(12-11-15-7-3-1-4-8-15)13-14-19-17-9-5-2-6-10-17/h1-10,16H,11-14,18H2. The van der Waals surface area contributed by atoms with Crippen molar-refractivity contribution in [3.8, 4) is 5.75 Å². The smallest absolute Gasteiger partial charge is 0.119 e. The maximum absolute atomic E-state index is 6.11. The Hall–Kier alpha value is -1.80. The Morgan fingerprint density at radius 3 is 2.16 bits per heavy atom. The summed E-state index contributed by atoms with van der Waals surface area (Å²) < 4.78 is 5.65. The van der Waals surface area contributed by atoms with Gasteiger partial charge in [0.2, 0.25) is 0 Å². The predicted octanol–water partition coefficient (Wildman–Crippen LogP) is 3.42. The third kappa shape index (κ3) is 5.14. The second-order valence-electron chi connectivity index (χ2n) is 4.73. The summed E-state index contributed by atoms with van der Waals surface area (Å²) in [7, 11) is 0. The minimum atomic E-state index is 0.198. The number of ether oxygens (including phenoxy) is 1. The van der Waals surface area contributed by atoms with Crippen LogP contribution < -0.4 is 10.5 Å². The van der Waals surface area contributed by atoms with Crippen molar-refractivity contribution in [3.05, 3.63) is 66.2 Å². The fraction of sp³-hybridized carbons (Fsp3) is 0.294. The van der Waals surface area contributed by atoms with Crippen LogP contribution in [-0.4, -0.2) is 12.6 Å². The molecule has 0 aliphatic carbocycles. The third-order valence-corrected chi connectivity index (χ3v) is 3.15. The van der Waals surface area contributed by atoms with E-state index in [0.29, 0.717) is 6.61 Å². The largest absolute Gasteiger partial charge is 0.494 e. The van der Waals surface area contributed by atoms with Gasteiger partial charge >= 0.3 is 0 Å². The van der Waals surface area contributed by atoms with Gasteiger partial charge in [-0.15, -0.1) is 0 Å². The molecule has 19 heavy (non-hydrogen) atoms. The van der Waals surface area contributed by atoms with Gasteiger partial charge in [0, 0.05) is 6.04 Å². The van der Waals surface area contributed by atoms with Gasteiger partial charge in [0.05, 0.1) is 6.61 Å². The van der Waals surface area contributed by atoms with Crippen LogP contribution in [0.2, 0.25) is 0 Å². The van der Waals surface area contributed by atoms with Gasteiger partial charge < -0.3 is 10.5 Å². The van der Waals surface area contributed by atoms with Crippen LogP contribution in [0.15, 0.2) is 60.7 Å². The average molecular weight is 255 g/mol. The molecule has 0 saturated carbocycles. The van der Waals surface area contributed by atoms with E-state index in [4.69, 9.17) is 10.5 Å². The fourth-order valence-corrected chi connectivity index (χ4v) is 1.99. The first-order valence-electron chi connectivity index (χ1n) is 6.82. The van der Waals surface area contributed by atoms with Crippen molar-refractivity contribution in [2.45, 2.75) is 25.3 Å². The number of rotatable bonds is 7. The number of para-hydroxylation sites is 1. The van der Waals surface area contributed by atoms with Gasteiger partial charge in [0.15, 0.2) is 0 Å². The third-order valence-electron chi connectivity index (χ3n) is 3.15. The number of aryl methyl sites for hydroxylation is 1. The lowest BCUT2D eigenvalue weighted by Crippen LogP contribution is -2.23. The summed E-state index contributed by atoms with van der Waals surface area (Å²) in [6.45, 7) is 0.681. The monoisotopic (exact) mass is 255 g/mol. The molecule has 0 aromatic heterocycles. The molecule has 0 radical (unpaired) electrons. The summed E-state index contributed by atoms with van der Waals surface area (Å²) in [5, 5.41) is 0. The molecule has 2 aromatic carbocycles. The molecular weight excluding hydrogens is 234 g/mol. The van der Waals surface area contributed by atoms with Crippen LogP contribution in [0, 0.1) is 0 Å². The van der Waals surface area contributed by atoms with Crippen LogP contribution >= 0.6 is 0 Å². The Morgan fingerprint density at radius 2 is 1.47 bits per heavy atom. The Bertz CT molecular complexity index is 455. The molecule has 100 valence electrons. The highest BCUT2D eigenvalue weighted by atomic mass is 16.5. The van der Waals surface area contributed by atoms with Gasteiger partial charge in [-0.25, -0.2) is 0 Å². The Morgan fingerprint density at radius 1 is 0.842 bits per heavy atom. The molecule has 0 saturated heterocycles. The van der Waals surface area contributed by atoms with Crippen LogP contribution in [0.1, 0.15) is 18.4 Å². The topological polar surface area (TPSA) is 35.2 Å². The molecular formula is C17H21NO. The van der Waals surface area contributed by atoms with E-state index >= 15 is 0 Å². The first-order chi connectivity index (χ1) is 9.34. The van der Waals surface area contributed by atoms with Crippen LogP contribution in [0.4, 0.5) is 0 Å². The molecule has 2 rings (SSSR count). The van der Waals surface area contributed by atoms with Crippen LogP contribution in [-0.2, 0) is 6.42 Å². The molecule has 2 heteroatoms. The lowest BCUT2D eigenvalue weighted by Gasteiger charge is -2.12. The van der Waals surface area contributed by atoms with Gasteiger partial charge in [0.25, 0.3) is 0 Å². The summed E-state index contributed by atoms with van der Waals surface area (Å²) in [4.78, 5) is 0. The molecule has 2 nitrogen and oxygen atoms in total. The molecule has 2 N–H and O–H groups in total. The van der Waals surface area contributed by atoms with E-state index in [1.165, 1.54) is 5.56 Å². The van der Waals surface area contributed by atoms with Crippen LogP contribution in [0.3, 0.4) is 0 Å². The maximum atomic E-state index is 6.11. The minimum absolute atomic E-state index is 0.198. The molecule has 1 unspecified atom stereocenters. The summed E-state index contributed by atoms with van der Waals surface area (Å²) in [5.74, 6) is 0.915. The SMILES string of the molecule is NC(CCOc1ccccc1)CCc1ccccc1. The lowest BCUT2D eigenvalue weighted by molar-refractivity contribution is 0.294. The molecule has 0 bridgehead atoms. The Kier molecular flexibility index (Phi) is 5.45. The molecule has 0 aliphatic rings. The highest BCUT2D eigenvalue weighted by Crippen LogP contribution is 2.10. The Labute approximate surface area is 115 Å². The van der Waals surface area contributed by atoms with Gasteiger partial charge in [-0.1, -0.05) is 48.5 Å². The molecule has 1 atom stereocenters. The van der Waals surface area contributed by atoms with E-state index in [1.807, 2.05) is 36.4 Å². The highest BCUT2D eigenvalue weighted by molar-refractivity contribution is 5.20. The minimum Gasteiger partial charge on any atom is -0.494 e. The first-order valence-corrected chi connectivity index (χ1v) is 6.82. The van der Waals surface area contributed by atoms with E-state index in [9.17, 15) is 0 Å². The first kappa shape index (κ1) is 13.6. The number of hydrogen-bond acceptors (Lipinski definition) is 2. The lowest BCUT2D eigenvalue weighted by atomic mass is 10.0. The van der Waals surface area contributed by atoms with Crippen molar-refractivity contribution in [1.29, 1.82) is 0 Å². The number of hydrogen-bond donors (Lipinski definition) is 1. The van der Waals surface area contributed by atoms with Crippen molar-refractivity contribution in [3.63, 3.8) is 0 Å². The van der Waals surface area contributed by atoms with E-state index < -0.39 is 0 Å². The van der Waals surface area contributed by atoms with Crippen LogP contribution in [0.5, 0.6) is 5.75 Å².